The Morgan fingerprint density at radius 1 is 1.03 bits per heavy atom. The number of aliphatic hydroxyl groups is 1. The lowest BCUT2D eigenvalue weighted by atomic mass is 9.84. The molecule has 0 radical (unpaired) electrons. The van der Waals surface area contributed by atoms with Crippen molar-refractivity contribution in [3.63, 3.8) is 0 Å². The van der Waals surface area contributed by atoms with Crippen LogP contribution in [0.2, 0.25) is 0 Å². The molecule has 0 saturated heterocycles. The second kappa shape index (κ2) is 13.8. The van der Waals surface area contributed by atoms with E-state index in [-0.39, 0.29) is 5.91 Å². The Morgan fingerprint density at radius 2 is 1.68 bits per heavy atom. The fraction of sp³-hybridized carbons (Fsp3) is 0.448. The zero-order valence-electron chi connectivity index (χ0n) is 22.6. The number of anilines is 2. The fourth-order valence-corrected chi connectivity index (χ4v) is 4.77. The largest absolute Gasteiger partial charge is 0.493 e. The summed E-state index contributed by atoms with van der Waals surface area (Å²) in [5.41, 5.74) is 8.70. The zero-order chi connectivity index (χ0) is 27.7. The van der Waals surface area contributed by atoms with Crippen molar-refractivity contribution in [3.8, 4) is 17.2 Å². The number of methoxy groups -OCH3 is 3. The number of aliphatic hydroxyl groups excluding tert-OH is 1. The average molecular weight is 526 g/mol. The lowest BCUT2D eigenvalue weighted by Crippen LogP contribution is -2.44. The molecule has 1 aliphatic carbocycles. The summed E-state index contributed by atoms with van der Waals surface area (Å²) in [5.74, 6) is 1.05. The molecule has 0 heterocycles. The van der Waals surface area contributed by atoms with Gasteiger partial charge in [0.2, 0.25) is 11.7 Å². The van der Waals surface area contributed by atoms with Crippen LogP contribution >= 0.6 is 0 Å². The van der Waals surface area contributed by atoms with Crippen molar-refractivity contribution in [3.05, 3.63) is 47.5 Å². The Labute approximate surface area is 224 Å². The van der Waals surface area contributed by atoms with Gasteiger partial charge in [-0.3, -0.25) is 9.59 Å². The quantitative estimate of drug-likeness (QED) is 0.322. The molecule has 2 atom stereocenters. The number of carbonyl (C=O) groups is 2. The van der Waals surface area contributed by atoms with Crippen LogP contribution in [-0.2, 0) is 9.59 Å². The Morgan fingerprint density at radius 3 is 2.26 bits per heavy atom. The van der Waals surface area contributed by atoms with Crippen LogP contribution in [0.25, 0.3) is 6.08 Å². The van der Waals surface area contributed by atoms with Gasteiger partial charge in [-0.25, -0.2) is 0 Å². The van der Waals surface area contributed by atoms with Crippen LogP contribution in [0.15, 0.2) is 36.4 Å². The van der Waals surface area contributed by atoms with Crippen LogP contribution in [0.1, 0.15) is 49.7 Å². The number of benzene rings is 2. The molecule has 0 aliphatic heterocycles. The molecular formula is C29H39N3O6. The van der Waals surface area contributed by atoms with Gasteiger partial charge in [-0.05, 0) is 66.8 Å². The second-order valence-electron chi connectivity index (χ2n) is 9.65. The Kier molecular flexibility index (Phi) is 10.6. The van der Waals surface area contributed by atoms with Crippen molar-refractivity contribution >= 4 is 29.3 Å². The molecule has 38 heavy (non-hydrogen) atoms. The van der Waals surface area contributed by atoms with Crippen LogP contribution in [0.3, 0.4) is 0 Å². The van der Waals surface area contributed by atoms with Crippen molar-refractivity contribution in [2.24, 2.45) is 11.7 Å². The molecule has 0 bridgehead atoms. The van der Waals surface area contributed by atoms with Gasteiger partial charge in [-0.1, -0.05) is 32.1 Å². The van der Waals surface area contributed by atoms with Gasteiger partial charge in [0, 0.05) is 23.5 Å². The van der Waals surface area contributed by atoms with Crippen LogP contribution in [0.4, 0.5) is 11.4 Å². The molecule has 2 aromatic rings. The molecule has 9 nitrogen and oxygen atoms in total. The van der Waals surface area contributed by atoms with E-state index in [0.29, 0.717) is 46.5 Å². The molecule has 0 unspecified atom stereocenters. The summed E-state index contributed by atoms with van der Waals surface area (Å²) in [6.45, 7) is 1.82. The fourth-order valence-electron chi connectivity index (χ4n) is 4.77. The van der Waals surface area contributed by atoms with Gasteiger partial charge in [0.05, 0.1) is 21.3 Å². The average Bonchev–Trinajstić information content (AvgIpc) is 2.92. The second-order valence-corrected chi connectivity index (χ2v) is 9.65. The van der Waals surface area contributed by atoms with Gasteiger partial charge in [0.15, 0.2) is 11.5 Å². The molecule has 206 valence electrons. The lowest BCUT2D eigenvalue weighted by molar-refractivity contribution is -0.125. The summed E-state index contributed by atoms with van der Waals surface area (Å²) in [6, 6.07) is 7.98. The van der Waals surface area contributed by atoms with E-state index in [9.17, 15) is 14.7 Å². The molecule has 0 aromatic heterocycles. The van der Waals surface area contributed by atoms with Gasteiger partial charge in [0.25, 0.3) is 5.91 Å². The molecule has 3 rings (SSSR count). The topological polar surface area (TPSA) is 132 Å². The summed E-state index contributed by atoms with van der Waals surface area (Å²) in [5, 5.41) is 16.0. The standard InChI is InChI=1S/C29H39N3O6/c1-18-14-21(31-29(35)27(34)22(30)15-19-8-6-5-7-9-19)11-12-23(18)32-26(33)13-10-20-16-24(36-2)28(38-4)25(17-20)37-3/h10-14,16-17,19,22,27,34H,5-9,15,30H2,1-4H3,(H,31,35)(H,32,33)/b13-10+/t22-,27+/m1/s1. The number of nitrogens with two attached hydrogens (primary N) is 1. The minimum absolute atomic E-state index is 0.331. The Bertz CT molecular complexity index is 1120. The van der Waals surface area contributed by atoms with Crippen LogP contribution in [0, 0.1) is 12.8 Å². The molecule has 1 aliphatic rings. The molecule has 0 spiro atoms. The first-order chi connectivity index (χ1) is 18.2. The number of hydrogen-bond acceptors (Lipinski definition) is 7. The summed E-state index contributed by atoms with van der Waals surface area (Å²) in [4.78, 5) is 25.1. The Balaban J connectivity index is 1.58. The minimum atomic E-state index is -1.28. The maximum atomic E-state index is 12.6. The molecule has 2 amide bonds. The summed E-state index contributed by atoms with van der Waals surface area (Å²) in [6.07, 6.45) is 8.22. The predicted octanol–water partition coefficient (Wildman–Crippen LogP) is 4.27. The third kappa shape index (κ3) is 7.72. The van der Waals surface area contributed by atoms with E-state index in [1.807, 2.05) is 6.92 Å². The lowest BCUT2D eigenvalue weighted by Gasteiger charge is -2.26. The monoisotopic (exact) mass is 525 g/mol. The van der Waals surface area contributed by atoms with Crippen molar-refractivity contribution in [2.45, 2.75) is 57.6 Å². The number of nitrogens with one attached hydrogen (secondary N) is 2. The van der Waals surface area contributed by atoms with E-state index in [1.165, 1.54) is 46.7 Å². The predicted molar refractivity (Wildman–Crippen MR) is 149 cm³/mol. The van der Waals surface area contributed by atoms with Crippen LogP contribution in [-0.4, -0.2) is 50.4 Å². The van der Waals surface area contributed by atoms with Crippen molar-refractivity contribution in [1.82, 2.24) is 0 Å². The van der Waals surface area contributed by atoms with Crippen molar-refractivity contribution < 1.29 is 28.9 Å². The molecule has 9 heteroatoms. The molecule has 2 aromatic carbocycles. The summed E-state index contributed by atoms with van der Waals surface area (Å²) in [7, 11) is 4.58. The number of ether oxygens (including phenoxy) is 3. The molecule has 5 N–H and O–H groups in total. The van der Waals surface area contributed by atoms with E-state index in [2.05, 4.69) is 10.6 Å². The Hall–Kier alpha value is -3.56. The summed E-state index contributed by atoms with van der Waals surface area (Å²) < 4.78 is 16.0. The maximum Gasteiger partial charge on any atom is 0.254 e. The van der Waals surface area contributed by atoms with E-state index in [1.54, 1.807) is 36.4 Å². The maximum absolute atomic E-state index is 12.6. The number of amides is 2. The van der Waals surface area contributed by atoms with E-state index in [0.717, 1.165) is 18.4 Å². The van der Waals surface area contributed by atoms with Gasteiger partial charge in [-0.15, -0.1) is 0 Å². The SMILES string of the molecule is COc1cc(/C=C/C(=O)Nc2ccc(NC(=O)[C@@H](O)[C@H](N)CC3CCCCC3)cc2C)cc(OC)c1OC. The highest BCUT2D eigenvalue weighted by Crippen LogP contribution is 2.38. The molecule has 1 fully saturated rings. The molecule has 1 saturated carbocycles. The first-order valence-electron chi connectivity index (χ1n) is 12.9. The van der Waals surface area contributed by atoms with Gasteiger partial charge in [0.1, 0.15) is 6.10 Å². The minimum Gasteiger partial charge on any atom is -0.493 e. The van der Waals surface area contributed by atoms with Crippen LogP contribution in [0.5, 0.6) is 17.2 Å². The highest BCUT2D eigenvalue weighted by molar-refractivity contribution is 6.02. The molecular weight excluding hydrogens is 486 g/mol. The van der Waals surface area contributed by atoms with Crippen molar-refractivity contribution in [2.75, 3.05) is 32.0 Å². The highest BCUT2D eigenvalue weighted by Gasteiger charge is 2.26. The normalized spacial score (nSPS) is 15.5. The van der Waals surface area contributed by atoms with Gasteiger partial charge in [-0.2, -0.15) is 0 Å². The first kappa shape index (κ1) is 29.0. The number of rotatable bonds is 11. The summed E-state index contributed by atoms with van der Waals surface area (Å²) >= 11 is 0. The van der Waals surface area contributed by atoms with Crippen LogP contribution < -0.4 is 30.6 Å². The number of carbonyl (C=O) groups excluding carboxylic acids is 2. The number of hydrogen-bond donors (Lipinski definition) is 4. The van der Waals surface area contributed by atoms with E-state index < -0.39 is 18.1 Å². The smallest absolute Gasteiger partial charge is 0.254 e. The van der Waals surface area contributed by atoms with E-state index >= 15 is 0 Å². The zero-order valence-corrected chi connectivity index (χ0v) is 22.6. The van der Waals surface area contributed by atoms with Gasteiger partial charge < -0.3 is 35.7 Å². The third-order valence-electron chi connectivity index (χ3n) is 6.87. The third-order valence-corrected chi connectivity index (χ3v) is 6.87. The first-order valence-corrected chi connectivity index (χ1v) is 12.9. The van der Waals surface area contributed by atoms with Crippen molar-refractivity contribution in [1.29, 1.82) is 0 Å². The highest BCUT2D eigenvalue weighted by atomic mass is 16.5. The number of aryl methyl sites for hydroxylation is 1. The van der Waals surface area contributed by atoms with Gasteiger partial charge >= 0.3 is 0 Å². The van der Waals surface area contributed by atoms with E-state index in [4.69, 9.17) is 19.9 Å².